The number of amides is 4. The minimum atomic E-state index is -0.873. The number of urea groups is 1. The van der Waals surface area contributed by atoms with Crippen LogP contribution in [0.5, 0.6) is 0 Å². The van der Waals surface area contributed by atoms with Crippen LogP contribution in [0.4, 0.5) is 4.79 Å². The van der Waals surface area contributed by atoms with Crippen LogP contribution in [0.1, 0.15) is 43.6 Å². The fraction of sp³-hybridized carbons (Fsp3) is 0.650. The molecule has 0 atom stereocenters. The molecular weight excluding hydrogens is 360 g/mol. The minimum Gasteiger partial charge on any atom is -0.396 e. The molecular formula is C20H30N4O4. The molecule has 1 N–H and O–H groups in total. The summed E-state index contributed by atoms with van der Waals surface area (Å²) in [5, 5.41) is 9.11. The van der Waals surface area contributed by atoms with Gasteiger partial charge in [-0.15, -0.1) is 0 Å². The molecule has 2 fully saturated rings. The van der Waals surface area contributed by atoms with E-state index in [4.69, 9.17) is 5.11 Å². The highest BCUT2D eigenvalue weighted by molar-refractivity contribution is 6.07. The summed E-state index contributed by atoms with van der Waals surface area (Å²) in [6, 6.07) is 3.36. The van der Waals surface area contributed by atoms with Gasteiger partial charge in [-0.1, -0.05) is 13.8 Å². The standard InChI is InChI=1S/C20H30N4O4/c1-15(2)14-24-19(28)23(10-5-13-25)18(27)20(24)7-11-22(12-8-20)17(26)16-6-4-9-21(16)3/h4,6,9,15,25H,5,7-8,10-14H2,1-3H3. The van der Waals surface area contributed by atoms with Crippen LogP contribution in [0.25, 0.3) is 0 Å². The third-order valence-corrected chi connectivity index (χ3v) is 5.75. The second-order valence-electron chi connectivity index (χ2n) is 8.15. The molecule has 3 rings (SSSR count). The Morgan fingerprint density at radius 3 is 2.46 bits per heavy atom. The van der Waals surface area contributed by atoms with E-state index in [1.54, 1.807) is 20.4 Å². The number of aromatic nitrogens is 1. The Morgan fingerprint density at radius 1 is 1.25 bits per heavy atom. The zero-order valence-corrected chi connectivity index (χ0v) is 16.9. The lowest BCUT2D eigenvalue weighted by Gasteiger charge is -2.42. The summed E-state index contributed by atoms with van der Waals surface area (Å²) >= 11 is 0. The number of likely N-dealkylation sites (tertiary alicyclic amines) is 1. The number of carbonyl (C=O) groups is 3. The quantitative estimate of drug-likeness (QED) is 0.742. The molecule has 1 spiro atoms. The van der Waals surface area contributed by atoms with E-state index in [0.29, 0.717) is 44.6 Å². The van der Waals surface area contributed by atoms with Crippen molar-refractivity contribution in [2.75, 3.05) is 32.8 Å². The van der Waals surface area contributed by atoms with E-state index in [2.05, 4.69) is 0 Å². The molecule has 2 saturated heterocycles. The number of hydrogen-bond donors (Lipinski definition) is 1. The van der Waals surface area contributed by atoms with Gasteiger partial charge in [-0.25, -0.2) is 4.79 Å². The fourth-order valence-corrected chi connectivity index (χ4v) is 4.24. The zero-order chi connectivity index (χ0) is 20.5. The van der Waals surface area contributed by atoms with Crippen molar-refractivity contribution >= 4 is 17.8 Å². The van der Waals surface area contributed by atoms with Gasteiger partial charge in [-0.3, -0.25) is 14.5 Å². The van der Waals surface area contributed by atoms with Crippen LogP contribution < -0.4 is 0 Å². The topological polar surface area (TPSA) is 86.1 Å². The molecule has 2 aliphatic rings. The molecule has 0 aliphatic carbocycles. The summed E-state index contributed by atoms with van der Waals surface area (Å²) in [6.07, 6.45) is 3.09. The minimum absolute atomic E-state index is 0.0494. The Bertz CT molecular complexity index is 749. The first-order valence-corrected chi connectivity index (χ1v) is 9.97. The molecule has 2 aliphatic heterocycles. The second kappa shape index (κ2) is 7.95. The molecule has 1 aromatic heterocycles. The van der Waals surface area contributed by atoms with E-state index in [0.717, 1.165) is 0 Å². The first-order chi connectivity index (χ1) is 13.3. The third-order valence-electron chi connectivity index (χ3n) is 5.75. The van der Waals surface area contributed by atoms with Gasteiger partial charge in [0.05, 0.1) is 0 Å². The van der Waals surface area contributed by atoms with Crippen LogP contribution in [-0.4, -0.2) is 80.5 Å². The normalized spacial score (nSPS) is 19.4. The van der Waals surface area contributed by atoms with Gasteiger partial charge < -0.3 is 19.5 Å². The second-order valence-corrected chi connectivity index (χ2v) is 8.15. The van der Waals surface area contributed by atoms with E-state index >= 15 is 0 Å². The van der Waals surface area contributed by atoms with E-state index in [9.17, 15) is 14.4 Å². The van der Waals surface area contributed by atoms with Crippen LogP contribution in [0.15, 0.2) is 18.3 Å². The highest BCUT2D eigenvalue weighted by atomic mass is 16.3. The predicted molar refractivity (Wildman–Crippen MR) is 104 cm³/mol. The van der Waals surface area contributed by atoms with Crippen molar-refractivity contribution in [3.8, 4) is 0 Å². The summed E-state index contributed by atoms with van der Waals surface area (Å²) < 4.78 is 1.79. The number of piperidine rings is 1. The lowest BCUT2D eigenvalue weighted by molar-refractivity contribution is -0.135. The maximum atomic E-state index is 13.2. The number of carbonyl (C=O) groups excluding carboxylic acids is 3. The molecule has 0 aromatic carbocycles. The van der Waals surface area contributed by atoms with Gasteiger partial charge >= 0.3 is 6.03 Å². The average Bonchev–Trinajstić information content (AvgIpc) is 3.17. The number of aryl methyl sites for hydroxylation is 1. The number of rotatable bonds is 6. The molecule has 0 saturated carbocycles. The first kappa shape index (κ1) is 20.4. The smallest absolute Gasteiger partial charge is 0.327 e. The zero-order valence-electron chi connectivity index (χ0n) is 16.9. The van der Waals surface area contributed by atoms with Gasteiger partial charge in [0.15, 0.2) is 0 Å². The molecule has 0 radical (unpaired) electrons. The van der Waals surface area contributed by atoms with Crippen molar-refractivity contribution in [1.29, 1.82) is 0 Å². The SMILES string of the molecule is CC(C)CN1C(=O)N(CCCO)C(=O)C12CCN(C(=O)c1cccn1C)CC2. The first-order valence-electron chi connectivity index (χ1n) is 9.97. The summed E-state index contributed by atoms with van der Waals surface area (Å²) in [6.45, 7) is 5.60. The van der Waals surface area contributed by atoms with Crippen LogP contribution >= 0.6 is 0 Å². The van der Waals surface area contributed by atoms with Gasteiger partial charge in [0, 0.05) is 46.0 Å². The van der Waals surface area contributed by atoms with Crippen molar-refractivity contribution in [3.05, 3.63) is 24.0 Å². The van der Waals surface area contributed by atoms with Crippen molar-refractivity contribution in [2.24, 2.45) is 13.0 Å². The summed E-state index contributed by atoms with van der Waals surface area (Å²) in [7, 11) is 1.83. The maximum Gasteiger partial charge on any atom is 0.327 e. The van der Waals surface area contributed by atoms with Crippen LogP contribution in [0.3, 0.4) is 0 Å². The van der Waals surface area contributed by atoms with Gasteiger partial charge in [0.25, 0.3) is 11.8 Å². The van der Waals surface area contributed by atoms with Gasteiger partial charge in [0.1, 0.15) is 11.2 Å². The lowest BCUT2D eigenvalue weighted by atomic mass is 9.85. The molecule has 4 amide bonds. The van der Waals surface area contributed by atoms with E-state index in [-0.39, 0.29) is 36.9 Å². The average molecular weight is 390 g/mol. The van der Waals surface area contributed by atoms with Crippen LogP contribution in [-0.2, 0) is 11.8 Å². The number of imide groups is 1. The Labute approximate surface area is 165 Å². The molecule has 8 nitrogen and oxygen atoms in total. The molecule has 8 heteroatoms. The predicted octanol–water partition coefficient (Wildman–Crippen LogP) is 1.30. The number of aliphatic hydroxyl groups is 1. The van der Waals surface area contributed by atoms with Gasteiger partial charge in [-0.05, 0) is 37.3 Å². The fourth-order valence-electron chi connectivity index (χ4n) is 4.24. The van der Waals surface area contributed by atoms with E-state index in [1.165, 1.54) is 4.90 Å². The van der Waals surface area contributed by atoms with Crippen molar-refractivity contribution in [3.63, 3.8) is 0 Å². The Hall–Kier alpha value is -2.35. The van der Waals surface area contributed by atoms with Gasteiger partial charge in [-0.2, -0.15) is 0 Å². The lowest BCUT2D eigenvalue weighted by Crippen LogP contribution is -2.58. The van der Waals surface area contributed by atoms with E-state index < -0.39 is 5.54 Å². The Balaban J connectivity index is 1.79. The molecule has 0 unspecified atom stereocenters. The Kier molecular flexibility index (Phi) is 5.79. The van der Waals surface area contributed by atoms with Crippen molar-refractivity contribution in [2.45, 2.75) is 38.6 Å². The Morgan fingerprint density at radius 2 is 1.93 bits per heavy atom. The largest absolute Gasteiger partial charge is 0.396 e. The molecule has 154 valence electrons. The highest BCUT2D eigenvalue weighted by Crippen LogP contribution is 2.38. The summed E-state index contributed by atoms with van der Waals surface area (Å²) in [5.74, 6) is -0.00122. The van der Waals surface area contributed by atoms with Crippen LogP contribution in [0, 0.1) is 5.92 Å². The maximum absolute atomic E-state index is 13.2. The summed E-state index contributed by atoms with van der Waals surface area (Å²) in [5.41, 5.74) is -0.254. The third kappa shape index (κ3) is 3.41. The number of hydrogen-bond acceptors (Lipinski definition) is 4. The molecule has 28 heavy (non-hydrogen) atoms. The van der Waals surface area contributed by atoms with Crippen molar-refractivity contribution in [1.82, 2.24) is 19.3 Å². The number of aliphatic hydroxyl groups excluding tert-OH is 1. The number of nitrogens with zero attached hydrogens (tertiary/aromatic N) is 4. The monoisotopic (exact) mass is 390 g/mol. The molecule has 1 aromatic rings. The molecule has 3 heterocycles. The van der Waals surface area contributed by atoms with E-state index in [1.807, 2.05) is 33.2 Å². The summed E-state index contributed by atoms with van der Waals surface area (Å²) in [4.78, 5) is 43.7. The molecule has 0 bridgehead atoms. The van der Waals surface area contributed by atoms with Crippen LogP contribution in [0.2, 0.25) is 0 Å². The highest BCUT2D eigenvalue weighted by Gasteiger charge is 2.58. The van der Waals surface area contributed by atoms with Gasteiger partial charge in [0.2, 0.25) is 0 Å². The van der Waals surface area contributed by atoms with Crippen molar-refractivity contribution < 1.29 is 19.5 Å².